The molecule has 7 nitrogen and oxygen atoms in total. The number of carboxylic acids is 1. The minimum Gasteiger partial charge on any atom is -0.504 e. The van der Waals surface area contributed by atoms with Crippen LogP contribution in [0.5, 0.6) is 11.5 Å². The molecule has 1 unspecified atom stereocenters. The van der Waals surface area contributed by atoms with Gasteiger partial charge in [0.2, 0.25) is 0 Å². The lowest BCUT2D eigenvalue weighted by molar-refractivity contribution is -0.142. The molecule has 5 N–H and O–H groups in total. The zero-order valence-corrected chi connectivity index (χ0v) is 12.2. The van der Waals surface area contributed by atoms with E-state index in [-0.39, 0.29) is 23.9 Å². The number of cyclic esters (lactones) is 1. The Hall–Kier alpha value is -2.28. The Morgan fingerprint density at radius 1 is 1.23 bits per heavy atom. The van der Waals surface area contributed by atoms with Gasteiger partial charge in [0.15, 0.2) is 11.5 Å². The molecule has 1 saturated heterocycles. The average Bonchev–Trinajstić information content (AvgIpc) is 2.71. The first-order valence-corrected chi connectivity index (χ1v) is 7.05. The van der Waals surface area contributed by atoms with E-state index >= 15 is 0 Å². The number of esters is 1. The number of phenolic OH excluding ortho intramolecular Hbond substituents is 2. The van der Waals surface area contributed by atoms with Crippen LogP contribution in [0.15, 0.2) is 18.2 Å². The second-order valence-corrected chi connectivity index (χ2v) is 5.00. The lowest BCUT2D eigenvalue weighted by atomic mass is 10.1. The molecule has 0 aromatic heterocycles. The fourth-order valence-corrected chi connectivity index (χ4v) is 1.84. The van der Waals surface area contributed by atoms with Gasteiger partial charge in [-0.15, -0.1) is 0 Å². The van der Waals surface area contributed by atoms with Crippen LogP contribution in [0.3, 0.4) is 0 Å². The van der Waals surface area contributed by atoms with E-state index < -0.39 is 12.0 Å². The second kappa shape index (κ2) is 8.89. The van der Waals surface area contributed by atoms with Crippen LogP contribution in [0.1, 0.15) is 31.2 Å². The van der Waals surface area contributed by atoms with Crippen molar-refractivity contribution in [2.75, 3.05) is 6.61 Å². The van der Waals surface area contributed by atoms with Crippen LogP contribution in [-0.2, 0) is 20.7 Å². The fourth-order valence-electron chi connectivity index (χ4n) is 1.84. The molecule has 0 aliphatic carbocycles. The smallest absolute Gasteiger partial charge is 0.320 e. The fraction of sp³-hybridized carbons (Fsp3) is 0.467. The number of aromatic hydroxyl groups is 2. The zero-order valence-electron chi connectivity index (χ0n) is 12.2. The van der Waals surface area contributed by atoms with E-state index in [4.69, 9.17) is 25.8 Å². The second-order valence-electron chi connectivity index (χ2n) is 5.00. The highest BCUT2D eigenvalue weighted by Gasteiger charge is 2.12. The third kappa shape index (κ3) is 6.45. The molecule has 0 spiro atoms. The first-order chi connectivity index (χ1) is 10.4. The third-order valence-corrected chi connectivity index (χ3v) is 3.10. The van der Waals surface area contributed by atoms with Gasteiger partial charge in [0, 0.05) is 6.42 Å². The largest absolute Gasteiger partial charge is 0.504 e. The van der Waals surface area contributed by atoms with E-state index in [1.54, 1.807) is 0 Å². The Labute approximate surface area is 128 Å². The summed E-state index contributed by atoms with van der Waals surface area (Å²) in [7, 11) is 0. The van der Waals surface area contributed by atoms with E-state index in [2.05, 4.69) is 0 Å². The Morgan fingerprint density at radius 3 is 2.59 bits per heavy atom. The van der Waals surface area contributed by atoms with E-state index in [0.717, 1.165) is 19.3 Å². The molecule has 0 amide bonds. The van der Waals surface area contributed by atoms with Crippen LogP contribution >= 0.6 is 0 Å². The van der Waals surface area contributed by atoms with Crippen molar-refractivity contribution in [3.05, 3.63) is 23.8 Å². The van der Waals surface area contributed by atoms with Gasteiger partial charge in [-0.25, -0.2) is 0 Å². The Balaban J connectivity index is 0.000000255. The molecule has 1 heterocycles. The molecule has 22 heavy (non-hydrogen) atoms. The van der Waals surface area contributed by atoms with Crippen molar-refractivity contribution in [2.45, 2.75) is 38.1 Å². The molecular formula is C15H21NO6. The number of benzene rings is 1. The van der Waals surface area contributed by atoms with Gasteiger partial charge < -0.3 is 25.8 Å². The Kier molecular flexibility index (Phi) is 7.18. The highest BCUT2D eigenvalue weighted by molar-refractivity contribution is 5.73. The summed E-state index contributed by atoms with van der Waals surface area (Å²) in [5.74, 6) is -1.64. The van der Waals surface area contributed by atoms with Gasteiger partial charge in [-0.3, -0.25) is 9.59 Å². The Morgan fingerprint density at radius 2 is 1.95 bits per heavy atom. The summed E-state index contributed by atoms with van der Waals surface area (Å²) in [5.41, 5.74) is 5.86. The van der Waals surface area contributed by atoms with Gasteiger partial charge in [-0.2, -0.15) is 0 Å². The number of phenols is 2. The van der Waals surface area contributed by atoms with Crippen molar-refractivity contribution in [1.82, 2.24) is 0 Å². The number of hydrogen-bond donors (Lipinski definition) is 4. The number of hydrogen-bond acceptors (Lipinski definition) is 6. The van der Waals surface area contributed by atoms with E-state index in [0.29, 0.717) is 18.6 Å². The average molecular weight is 311 g/mol. The van der Waals surface area contributed by atoms with Crippen LogP contribution < -0.4 is 5.73 Å². The van der Waals surface area contributed by atoms with E-state index in [1.807, 2.05) is 0 Å². The number of rotatable bonds is 3. The molecule has 0 radical (unpaired) electrons. The number of carbonyl (C=O) groups is 2. The van der Waals surface area contributed by atoms with Crippen molar-refractivity contribution in [3.63, 3.8) is 0 Å². The predicted molar refractivity (Wildman–Crippen MR) is 78.5 cm³/mol. The quantitative estimate of drug-likeness (QED) is 0.486. The normalized spacial score (nSPS) is 15.8. The van der Waals surface area contributed by atoms with Crippen molar-refractivity contribution in [3.8, 4) is 11.5 Å². The van der Waals surface area contributed by atoms with Crippen molar-refractivity contribution < 1.29 is 29.6 Å². The maximum absolute atomic E-state index is 10.5. The van der Waals surface area contributed by atoms with Crippen LogP contribution in [0.2, 0.25) is 0 Å². The first kappa shape index (κ1) is 17.8. The van der Waals surface area contributed by atoms with Crippen LogP contribution in [-0.4, -0.2) is 39.9 Å². The molecule has 122 valence electrons. The molecule has 1 fully saturated rings. The molecule has 2 rings (SSSR count). The summed E-state index contributed by atoms with van der Waals surface area (Å²) in [6.07, 6.45) is 3.94. The molecule has 1 atom stereocenters. The number of carboxylic acid groups (broad SMARTS) is 1. The number of carbonyl (C=O) groups excluding carboxylic acids is 1. The minimum atomic E-state index is -1.10. The van der Waals surface area contributed by atoms with E-state index in [9.17, 15) is 9.59 Å². The molecule has 0 saturated carbocycles. The zero-order chi connectivity index (χ0) is 16.5. The van der Waals surface area contributed by atoms with Gasteiger partial charge in [-0.05, 0) is 43.4 Å². The molecular weight excluding hydrogens is 290 g/mol. The van der Waals surface area contributed by atoms with Gasteiger partial charge in [0.05, 0.1) is 6.61 Å². The van der Waals surface area contributed by atoms with Crippen molar-refractivity contribution >= 4 is 11.9 Å². The standard InChI is InChI=1S/C9H11NO4.C6H10O2/c10-6(9(13)14)3-5-1-2-7(11)8(12)4-5;7-6-4-2-1-3-5-8-6/h1-2,4,6,11-12H,3,10H2,(H,13,14);1-5H2. The summed E-state index contributed by atoms with van der Waals surface area (Å²) in [4.78, 5) is 20.9. The summed E-state index contributed by atoms with van der Waals surface area (Å²) in [5, 5.41) is 26.6. The van der Waals surface area contributed by atoms with Crippen LogP contribution in [0, 0.1) is 0 Å². The molecule has 1 aromatic rings. The van der Waals surface area contributed by atoms with Crippen LogP contribution in [0.25, 0.3) is 0 Å². The van der Waals surface area contributed by atoms with E-state index in [1.165, 1.54) is 18.2 Å². The maximum atomic E-state index is 10.5. The number of aliphatic carboxylic acids is 1. The lowest BCUT2D eigenvalue weighted by Gasteiger charge is -2.06. The monoisotopic (exact) mass is 311 g/mol. The molecule has 1 aliphatic rings. The summed E-state index contributed by atoms with van der Waals surface area (Å²) >= 11 is 0. The molecule has 7 heteroatoms. The molecule has 0 bridgehead atoms. The topological polar surface area (TPSA) is 130 Å². The number of ether oxygens (including phenoxy) is 1. The number of nitrogens with two attached hydrogens (primary N) is 1. The highest BCUT2D eigenvalue weighted by Crippen LogP contribution is 2.25. The maximum Gasteiger partial charge on any atom is 0.320 e. The van der Waals surface area contributed by atoms with Gasteiger partial charge >= 0.3 is 11.9 Å². The molecule has 1 aliphatic heterocycles. The SMILES string of the molecule is NC(Cc1ccc(O)c(O)c1)C(=O)O.O=C1CCCCCO1. The summed E-state index contributed by atoms with van der Waals surface area (Å²) in [6.45, 7) is 0.638. The predicted octanol–water partition coefficient (Wildman–Crippen LogP) is 1.16. The highest BCUT2D eigenvalue weighted by atomic mass is 16.5. The summed E-state index contributed by atoms with van der Waals surface area (Å²) < 4.78 is 4.76. The minimum absolute atomic E-state index is 0.0255. The van der Waals surface area contributed by atoms with Gasteiger partial charge in [-0.1, -0.05) is 6.07 Å². The molecule has 1 aromatic carbocycles. The lowest BCUT2D eigenvalue weighted by Crippen LogP contribution is -2.32. The van der Waals surface area contributed by atoms with Crippen LogP contribution in [0.4, 0.5) is 0 Å². The van der Waals surface area contributed by atoms with Gasteiger partial charge in [0.25, 0.3) is 0 Å². The van der Waals surface area contributed by atoms with Gasteiger partial charge in [0.1, 0.15) is 6.04 Å². The Bertz CT molecular complexity index is 507. The van der Waals surface area contributed by atoms with Crippen molar-refractivity contribution in [2.24, 2.45) is 5.73 Å². The summed E-state index contributed by atoms with van der Waals surface area (Å²) in [6, 6.07) is 3.09. The van der Waals surface area contributed by atoms with Crippen molar-refractivity contribution in [1.29, 1.82) is 0 Å². The first-order valence-electron chi connectivity index (χ1n) is 7.05. The third-order valence-electron chi connectivity index (χ3n) is 3.10.